The Labute approximate surface area is 376 Å². The number of para-hydroxylation sites is 2. The number of hydrogen-bond acceptors (Lipinski definition) is 4. The van der Waals surface area contributed by atoms with Gasteiger partial charge < -0.3 is 19.7 Å². The van der Waals surface area contributed by atoms with Gasteiger partial charge in [-0.15, -0.1) is 0 Å². The molecule has 5 aromatic carbocycles. The summed E-state index contributed by atoms with van der Waals surface area (Å²) in [5.41, 5.74) is 19.8. The molecule has 1 fully saturated rings. The van der Waals surface area contributed by atoms with Gasteiger partial charge in [-0.2, -0.15) is 0 Å². The van der Waals surface area contributed by atoms with Gasteiger partial charge in [-0.25, -0.2) is 0 Å². The smallest absolute Gasteiger partial charge is 0.131 e. The number of hydrogen-bond donors (Lipinski definition) is 2. The van der Waals surface area contributed by atoms with Gasteiger partial charge in [-0.05, 0) is 214 Å². The third-order valence-corrected chi connectivity index (χ3v) is 14.2. The van der Waals surface area contributed by atoms with Crippen molar-refractivity contribution in [1.82, 2.24) is 0 Å². The molecule has 2 N–H and O–H groups in total. The molecule has 4 aliphatic rings. The summed E-state index contributed by atoms with van der Waals surface area (Å²) in [5.74, 6) is 2.17. The molecule has 4 aliphatic carbocycles. The lowest BCUT2D eigenvalue weighted by molar-refractivity contribution is 0.189. The zero-order chi connectivity index (χ0) is 43.5. The van der Waals surface area contributed by atoms with Crippen LogP contribution in [0.1, 0.15) is 129 Å². The zero-order valence-electron chi connectivity index (χ0n) is 38.0. The number of fused-ring (bicyclic) bond motifs is 3. The average molecular weight is 839 g/mol. The molecule has 0 saturated heterocycles. The van der Waals surface area contributed by atoms with Crippen LogP contribution in [0, 0.1) is 19.8 Å². The van der Waals surface area contributed by atoms with Crippen LogP contribution < -0.4 is 9.47 Å². The molecule has 0 amide bonds. The van der Waals surface area contributed by atoms with Gasteiger partial charge in [0.25, 0.3) is 0 Å². The van der Waals surface area contributed by atoms with Gasteiger partial charge in [0, 0.05) is 39.3 Å². The maximum absolute atomic E-state index is 12.3. The minimum absolute atomic E-state index is 0.0477. The first-order valence-electron chi connectivity index (χ1n) is 24.1. The Hall–Kier alpha value is -5.48. The number of allylic oxidation sites excluding steroid dienone is 5. The zero-order valence-corrected chi connectivity index (χ0v) is 38.0. The summed E-state index contributed by atoms with van der Waals surface area (Å²) >= 11 is 0. The molecule has 0 spiro atoms. The molecule has 1 atom stereocenters. The topological polar surface area (TPSA) is 58.9 Å². The van der Waals surface area contributed by atoms with Crippen LogP contribution in [-0.4, -0.2) is 23.4 Å². The lowest BCUT2D eigenvalue weighted by Gasteiger charge is -2.28. The Morgan fingerprint density at radius 2 is 1.05 bits per heavy atom. The molecule has 0 radical (unpaired) electrons. The highest BCUT2D eigenvalue weighted by atomic mass is 16.5. The fraction of sp³-hybridized carbons (Fsp3) is 0.390. The highest BCUT2D eigenvalue weighted by Crippen LogP contribution is 2.49. The summed E-state index contributed by atoms with van der Waals surface area (Å²) in [6, 6.07) is 27.3. The average Bonchev–Trinajstić information content (AvgIpc) is 3.30. The first-order chi connectivity index (χ1) is 30.7. The molecule has 0 aromatic heterocycles. The fourth-order valence-corrected chi connectivity index (χ4v) is 11.0. The Balaban J connectivity index is 0.965. The molecule has 1 saturated carbocycles. The molecule has 0 heterocycles. The molecule has 63 heavy (non-hydrogen) atoms. The molecular formula is C59H66O4. The Kier molecular flexibility index (Phi) is 13.0. The van der Waals surface area contributed by atoms with Crippen molar-refractivity contribution in [2.24, 2.45) is 5.92 Å². The van der Waals surface area contributed by atoms with E-state index < -0.39 is 0 Å². The van der Waals surface area contributed by atoms with Crippen molar-refractivity contribution >= 4 is 5.57 Å². The number of benzene rings is 5. The second-order valence-electron chi connectivity index (χ2n) is 19.1. The summed E-state index contributed by atoms with van der Waals surface area (Å²) in [7, 11) is 0. The van der Waals surface area contributed by atoms with Crippen molar-refractivity contribution in [2.75, 3.05) is 13.2 Å². The van der Waals surface area contributed by atoms with Crippen LogP contribution in [0.3, 0.4) is 0 Å². The monoisotopic (exact) mass is 838 g/mol. The van der Waals surface area contributed by atoms with Crippen molar-refractivity contribution in [1.29, 1.82) is 0 Å². The van der Waals surface area contributed by atoms with E-state index in [0.29, 0.717) is 24.7 Å². The third kappa shape index (κ3) is 9.01. The summed E-state index contributed by atoms with van der Waals surface area (Å²) in [5, 5.41) is 24.6. The molecule has 5 aromatic rings. The van der Waals surface area contributed by atoms with Crippen molar-refractivity contribution < 1.29 is 19.7 Å². The molecular weight excluding hydrogens is 773 g/mol. The molecule has 0 aliphatic heterocycles. The number of aromatic hydroxyl groups is 2. The van der Waals surface area contributed by atoms with E-state index in [-0.39, 0.29) is 5.92 Å². The molecule has 4 nitrogen and oxygen atoms in total. The van der Waals surface area contributed by atoms with E-state index in [0.717, 1.165) is 125 Å². The summed E-state index contributed by atoms with van der Waals surface area (Å²) in [4.78, 5) is 0. The molecule has 9 rings (SSSR count). The third-order valence-electron chi connectivity index (χ3n) is 14.2. The van der Waals surface area contributed by atoms with Crippen LogP contribution in [-0.2, 0) is 25.7 Å². The number of phenols is 2. The van der Waals surface area contributed by atoms with Crippen LogP contribution in [0.5, 0.6) is 23.0 Å². The van der Waals surface area contributed by atoms with Crippen LogP contribution in [0.15, 0.2) is 108 Å². The predicted molar refractivity (Wildman–Crippen MR) is 261 cm³/mol. The Morgan fingerprint density at radius 3 is 1.68 bits per heavy atom. The maximum atomic E-state index is 12.3. The minimum Gasteiger partial charge on any atom is -0.507 e. The van der Waals surface area contributed by atoms with Crippen LogP contribution >= 0.6 is 0 Å². The van der Waals surface area contributed by atoms with Crippen LogP contribution in [0.4, 0.5) is 0 Å². The molecule has 1 unspecified atom stereocenters. The SMILES string of the molecule is C=C1CCCCC/C=C2/CCCC/C2=C/1c1cc(C)cc(-c2ccccc2OCC(C)COc2ccccc2-c2cc(C)cc(-c3c4c(cc5c3CCCC5)CCCC4)c2O)c1O. The first-order valence-corrected chi connectivity index (χ1v) is 24.1. The van der Waals surface area contributed by atoms with E-state index in [1.807, 2.05) is 36.4 Å². The van der Waals surface area contributed by atoms with Crippen LogP contribution in [0.25, 0.3) is 39.0 Å². The van der Waals surface area contributed by atoms with Gasteiger partial charge in [0.2, 0.25) is 0 Å². The van der Waals surface area contributed by atoms with Crippen molar-refractivity contribution in [3.63, 3.8) is 0 Å². The van der Waals surface area contributed by atoms with Gasteiger partial charge >= 0.3 is 0 Å². The lowest BCUT2D eigenvalue weighted by atomic mass is 9.76. The summed E-state index contributed by atoms with van der Waals surface area (Å²) in [6.45, 7) is 11.9. The summed E-state index contributed by atoms with van der Waals surface area (Å²) < 4.78 is 13.3. The van der Waals surface area contributed by atoms with Crippen LogP contribution in [0.2, 0.25) is 0 Å². The van der Waals surface area contributed by atoms with Gasteiger partial charge in [0.15, 0.2) is 0 Å². The highest BCUT2D eigenvalue weighted by Gasteiger charge is 2.28. The van der Waals surface area contributed by atoms with E-state index in [4.69, 9.17) is 9.47 Å². The molecule has 326 valence electrons. The van der Waals surface area contributed by atoms with E-state index in [1.165, 1.54) is 90.3 Å². The van der Waals surface area contributed by atoms with Crippen molar-refractivity contribution in [3.8, 4) is 56.4 Å². The van der Waals surface area contributed by atoms with E-state index in [1.54, 1.807) is 0 Å². The first kappa shape index (κ1) is 42.8. The highest BCUT2D eigenvalue weighted by molar-refractivity contribution is 5.91. The quantitative estimate of drug-likeness (QED) is 0.147. The second kappa shape index (κ2) is 19.1. The van der Waals surface area contributed by atoms with E-state index in [2.05, 4.69) is 75.9 Å². The fourth-order valence-electron chi connectivity index (χ4n) is 11.0. The van der Waals surface area contributed by atoms with Crippen molar-refractivity contribution in [3.05, 3.63) is 147 Å². The number of aryl methyl sites for hydroxylation is 4. The molecule has 0 bridgehead atoms. The van der Waals surface area contributed by atoms with Gasteiger partial charge in [-0.3, -0.25) is 0 Å². The standard InChI is InChI=1S/C59H66O4/c1-38-31-50(58(60)52(33-38)56-41(4)19-7-5-6-8-20-42-21-9-12-24-45(42)56)48-27-15-17-29-54(48)62-36-40(3)37-63-55-30-18-16-28-49(55)51-32-39(2)34-53(59(51)61)57-46-25-13-10-22-43(46)35-44-23-11-14-26-47(44)57/h15-18,20,27-35,40,60-61H,4-14,19,21-26,36-37H2,1-3H3/b42-20-,56-45+. The number of ether oxygens (including phenoxy) is 2. The predicted octanol–water partition coefficient (Wildman–Crippen LogP) is 15.3. The molecule has 4 heteroatoms. The summed E-state index contributed by atoms with van der Waals surface area (Å²) in [6.07, 6.45) is 21.9. The second-order valence-corrected chi connectivity index (χ2v) is 19.1. The largest absolute Gasteiger partial charge is 0.507 e. The maximum Gasteiger partial charge on any atom is 0.131 e. The Bertz CT molecular complexity index is 2550. The Morgan fingerprint density at radius 1 is 0.540 bits per heavy atom. The van der Waals surface area contributed by atoms with E-state index >= 15 is 0 Å². The van der Waals surface area contributed by atoms with Crippen molar-refractivity contribution in [2.45, 2.75) is 130 Å². The minimum atomic E-state index is 0.0477. The van der Waals surface area contributed by atoms with Gasteiger partial charge in [0.1, 0.15) is 23.0 Å². The van der Waals surface area contributed by atoms with Gasteiger partial charge in [-0.1, -0.05) is 68.5 Å². The normalized spacial score (nSPS) is 19.2. The van der Waals surface area contributed by atoms with Gasteiger partial charge in [0.05, 0.1) is 13.2 Å². The number of rotatable bonds is 10. The number of phenolic OH excluding ortho intramolecular Hbond substituents is 2. The van der Waals surface area contributed by atoms with E-state index in [9.17, 15) is 10.2 Å². The lowest BCUT2D eigenvalue weighted by Crippen LogP contribution is -2.17.